The Labute approximate surface area is 82.6 Å². The Kier molecular flexibility index (Phi) is 3.16. The van der Waals surface area contributed by atoms with Crippen molar-refractivity contribution in [3.05, 3.63) is 11.6 Å². The molecule has 0 aliphatic carbocycles. The van der Waals surface area contributed by atoms with Gasteiger partial charge in [-0.3, -0.25) is 0 Å². The smallest absolute Gasteiger partial charge is 0.182 e. The number of rotatable bonds is 3. The van der Waals surface area contributed by atoms with E-state index in [9.17, 15) is 0 Å². The monoisotopic (exact) mass is 197 g/mol. The summed E-state index contributed by atoms with van der Waals surface area (Å²) in [6.07, 6.45) is 5.81. The van der Waals surface area contributed by atoms with Gasteiger partial charge in [-0.1, -0.05) is 6.42 Å². The molecule has 3 nitrogen and oxygen atoms in total. The predicted molar refractivity (Wildman–Crippen MR) is 56.2 cm³/mol. The number of thiazole rings is 1. The predicted octanol–water partition coefficient (Wildman–Crippen LogP) is 1.70. The standard InChI is InChI=1S/C9H15N3S/c1-2-4-10-8(3-1)7-12-9-11-5-6-13-9/h5-6,8,10H,1-4,7H2,(H,11,12)/t8-/m1/s1. The van der Waals surface area contributed by atoms with Crippen LogP contribution >= 0.6 is 11.3 Å². The summed E-state index contributed by atoms with van der Waals surface area (Å²) in [6.45, 7) is 2.18. The van der Waals surface area contributed by atoms with E-state index in [2.05, 4.69) is 15.6 Å². The highest BCUT2D eigenvalue weighted by Gasteiger charge is 2.11. The molecular formula is C9H15N3S. The number of anilines is 1. The van der Waals surface area contributed by atoms with Gasteiger partial charge in [0.1, 0.15) is 0 Å². The molecule has 72 valence electrons. The first-order chi connectivity index (χ1) is 6.45. The summed E-state index contributed by atoms with van der Waals surface area (Å²) in [5.74, 6) is 0. The summed E-state index contributed by atoms with van der Waals surface area (Å²) in [4.78, 5) is 4.18. The lowest BCUT2D eigenvalue weighted by molar-refractivity contribution is 0.414. The van der Waals surface area contributed by atoms with Crippen LogP contribution in [-0.4, -0.2) is 24.1 Å². The maximum atomic E-state index is 4.18. The molecule has 0 radical (unpaired) electrons. The maximum absolute atomic E-state index is 4.18. The molecule has 4 heteroatoms. The van der Waals surface area contributed by atoms with Crippen LogP contribution in [0.15, 0.2) is 11.6 Å². The van der Waals surface area contributed by atoms with Gasteiger partial charge in [0.05, 0.1) is 0 Å². The highest BCUT2D eigenvalue weighted by molar-refractivity contribution is 7.13. The summed E-state index contributed by atoms with van der Waals surface area (Å²) in [7, 11) is 0. The minimum Gasteiger partial charge on any atom is -0.360 e. The van der Waals surface area contributed by atoms with Gasteiger partial charge in [0.15, 0.2) is 5.13 Å². The van der Waals surface area contributed by atoms with Gasteiger partial charge in [0.2, 0.25) is 0 Å². The molecule has 0 bridgehead atoms. The lowest BCUT2D eigenvalue weighted by Gasteiger charge is -2.23. The van der Waals surface area contributed by atoms with Crippen molar-refractivity contribution in [3.63, 3.8) is 0 Å². The molecule has 0 aromatic carbocycles. The molecular weight excluding hydrogens is 182 g/mol. The highest BCUT2D eigenvalue weighted by atomic mass is 32.1. The van der Waals surface area contributed by atoms with E-state index >= 15 is 0 Å². The Hall–Kier alpha value is -0.610. The van der Waals surface area contributed by atoms with Gasteiger partial charge in [-0.15, -0.1) is 11.3 Å². The van der Waals surface area contributed by atoms with Crippen molar-refractivity contribution in [1.82, 2.24) is 10.3 Å². The first kappa shape index (κ1) is 8.97. The maximum Gasteiger partial charge on any atom is 0.182 e. The normalized spacial score (nSPS) is 22.9. The summed E-state index contributed by atoms with van der Waals surface area (Å²) >= 11 is 1.66. The third-order valence-corrected chi connectivity index (χ3v) is 3.08. The van der Waals surface area contributed by atoms with Gasteiger partial charge in [0, 0.05) is 24.2 Å². The van der Waals surface area contributed by atoms with E-state index in [4.69, 9.17) is 0 Å². The van der Waals surface area contributed by atoms with Crippen LogP contribution < -0.4 is 10.6 Å². The van der Waals surface area contributed by atoms with Crippen LogP contribution in [0.2, 0.25) is 0 Å². The minimum absolute atomic E-state index is 0.637. The molecule has 2 rings (SSSR count). The third-order valence-electron chi connectivity index (χ3n) is 2.34. The zero-order chi connectivity index (χ0) is 8.93. The third kappa shape index (κ3) is 2.67. The highest BCUT2D eigenvalue weighted by Crippen LogP contribution is 2.12. The van der Waals surface area contributed by atoms with Crippen LogP contribution in [0, 0.1) is 0 Å². The van der Waals surface area contributed by atoms with Crippen LogP contribution in [-0.2, 0) is 0 Å². The lowest BCUT2D eigenvalue weighted by Crippen LogP contribution is -2.39. The summed E-state index contributed by atoms with van der Waals surface area (Å²) in [6, 6.07) is 0.637. The van der Waals surface area contributed by atoms with Gasteiger partial charge in [-0.25, -0.2) is 4.98 Å². The fourth-order valence-corrected chi connectivity index (χ4v) is 2.16. The van der Waals surface area contributed by atoms with E-state index in [0.717, 1.165) is 11.7 Å². The number of nitrogens with zero attached hydrogens (tertiary/aromatic N) is 1. The van der Waals surface area contributed by atoms with Crippen molar-refractivity contribution >= 4 is 16.5 Å². The SMILES string of the molecule is c1csc(NC[C@H]2CCCCN2)n1. The van der Waals surface area contributed by atoms with Crippen LogP contribution in [0.25, 0.3) is 0 Å². The van der Waals surface area contributed by atoms with E-state index in [1.54, 1.807) is 11.3 Å². The molecule has 1 fully saturated rings. The largest absolute Gasteiger partial charge is 0.360 e. The van der Waals surface area contributed by atoms with Crippen LogP contribution in [0.1, 0.15) is 19.3 Å². The van der Waals surface area contributed by atoms with E-state index in [-0.39, 0.29) is 0 Å². The lowest BCUT2D eigenvalue weighted by atomic mass is 10.1. The quantitative estimate of drug-likeness (QED) is 0.774. The second-order valence-electron chi connectivity index (χ2n) is 3.36. The average molecular weight is 197 g/mol. The summed E-state index contributed by atoms with van der Waals surface area (Å²) in [5.41, 5.74) is 0. The molecule has 0 unspecified atom stereocenters. The number of hydrogen-bond donors (Lipinski definition) is 2. The van der Waals surface area contributed by atoms with E-state index in [0.29, 0.717) is 6.04 Å². The topological polar surface area (TPSA) is 37.0 Å². The molecule has 2 heterocycles. The van der Waals surface area contributed by atoms with Crippen molar-refractivity contribution in [1.29, 1.82) is 0 Å². The van der Waals surface area contributed by atoms with Crippen molar-refractivity contribution in [2.45, 2.75) is 25.3 Å². The first-order valence-corrected chi connectivity index (χ1v) is 5.70. The Morgan fingerprint density at radius 2 is 2.62 bits per heavy atom. The van der Waals surface area contributed by atoms with Crippen molar-refractivity contribution in [2.75, 3.05) is 18.4 Å². The van der Waals surface area contributed by atoms with Gasteiger partial charge in [-0.05, 0) is 19.4 Å². The second-order valence-corrected chi connectivity index (χ2v) is 4.26. The molecule has 1 aliphatic rings. The zero-order valence-corrected chi connectivity index (χ0v) is 8.44. The molecule has 1 atom stereocenters. The minimum atomic E-state index is 0.637. The Morgan fingerprint density at radius 3 is 3.31 bits per heavy atom. The molecule has 1 aromatic rings. The van der Waals surface area contributed by atoms with E-state index < -0.39 is 0 Å². The molecule has 1 aromatic heterocycles. The van der Waals surface area contributed by atoms with Crippen LogP contribution in [0.5, 0.6) is 0 Å². The average Bonchev–Trinajstić information content (AvgIpc) is 2.69. The van der Waals surface area contributed by atoms with Gasteiger partial charge < -0.3 is 10.6 Å². The molecule has 2 N–H and O–H groups in total. The Bertz CT molecular complexity index is 229. The first-order valence-electron chi connectivity index (χ1n) is 4.82. The second kappa shape index (κ2) is 4.58. The van der Waals surface area contributed by atoms with E-state index in [1.165, 1.54) is 25.8 Å². The van der Waals surface area contributed by atoms with Gasteiger partial charge >= 0.3 is 0 Å². The van der Waals surface area contributed by atoms with Gasteiger partial charge in [0.25, 0.3) is 0 Å². The molecule has 0 amide bonds. The van der Waals surface area contributed by atoms with Crippen molar-refractivity contribution in [3.8, 4) is 0 Å². The molecule has 1 aliphatic heterocycles. The number of hydrogen-bond acceptors (Lipinski definition) is 4. The summed E-state index contributed by atoms with van der Waals surface area (Å²) < 4.78 is 0. The van der Waals surface area contributed by atoms with Crippen molar-refractivity contribution in [2.24, 2.45) is 0 Å². The fraction of sp³-hybridized carbons (Fsp3) is 0.667. The Balaban J connectivity index is 1.72. The molecule has 0 spiro atoms. The van der Waals surface area contributed by atoms with Crippen molar-refractivity contribution < 1.29 is 0 Å². The van der Waals surface area contributed by atoms with Gasteiger partial charge in [-0.2, -0.15) is 0 Å². The zero-order valence-electron chi connectivity index (χ0n) is 7.62. The molecule has 1 saturated heterocycles. The number of nitrogens with one attached hydrogen (secondary N) is 2. The van der Waals surface area contributed by atoms with E-state index in [1.807, 2.05) is 11.6 Å². The Morgan fingerprint density at radius 1 is 1.62 bits per heavy atom. The molecule has 13 heavy (non-hydrogen) atoms. The van der Waals surface area contributed by atoms with Crippen LogP contribution in [0.4, 0.5) is 5.13 Å². The molecule has 0 saturated carbocycles. The van der Waals surface area contributed by atoms with Crippen LogP contribution in [0.3, 0.4) is 0 Å². The number of aromatic nitrogens is 1. The fourth-order valence-electron chi connectivity index (χ4n) is 1.62. The summed E-state index contributed by atoms with van der Waals surface area (Å²) in [5, 5.41) is 9.87. The number of piperidine rings is 1.